The van der Waals surface area contributed by atoms with Gasteiger partial charge in [-0.3, -0.25) is 14.4 Å². The van der Waals surface area contributed by atoms with E-state index in [4.69, 9.17) is 23.7 Å². The Labute approximate surface area is 444 Å². The number of carboxylic acid groups (broad SMARTS) is 1. The van der Waals surface area contributed by atoms with Gasteiger partial charge in [0.2, 0.25) is 0 Å². The van der Waals surface area contributed by atoms with Crippen molar-refractivity contribution in [1.82, 2.24) is 0 Å². The molecule has 6 atom stereocenters. The second kappa shape index (κ2) is 49.8. The van der Waals surface area contributed by atoms with Crippen LogP contribution in [-0.2, 0) is 42.9 Å². The fourth-order valence-electron chi connectivity index (χ4n) is 9.05. The maximum absolute atomic E-state index is 13.1. The maximum atomic E-state index is 13.1. The highest BCUT2D eigenvalue weighted by Gasteiger charge is 2.50. The molecule has 0 aromatic rings. The molecular formula is C61H108O12. The summed E-state index contributed by atoms with van der Waals surface area (Å²) in [5, 5.41) is 31.4. The van der Waals surface area contributed by atoms with Gasteiger partial charge in [-0.15, -0.1) is 0 Å². The molecule has 1 aliphatic heterocycles. The zero-order chi connectivity index (χ0) is 53.3. The standard InChI is InChI=1S/C61H108O12/c1-4-7-10-13-16-19-22-24-25-26-27-28-29-31-33-35-38-41-44-47-53(62)69-50-52(71-54(63)48-45-42-39-37-34-30-23-20-17-14-11-8-5-2)51-70-61-59(57(66)56(65)58(73-61)60(67)68)72-55(64)49-46-43-40-36-32-21-18-15-12-9-6-3/h11,14,20,23-25,52,56-59,61,65-66H,4-10,12-13,15-19,21-22,26-51H2,1-3H3,(H,67,68)/b14-11-,23-20-,25-24-. The molecule has 0 bridgehead atoms. The van der Waals surface area contributed by atoms with E-state index in [1.165, 1.54) is 122 Å². The molecule has 0 aromatic heterocycles. The van der Waals surface area contributed by atoms with E-state index in [2.05, 4.69) is 57.2 Å². The molecule has 0 aromatic carbocycles. The summed E-state index contributed by atoms with van der Waals surface area (Å²) in [6.45, 7) is 5.91. The molecule has 1 aliphatic rings. The number of hydrogen-bond donors (Lipinski definition) is 3. The van der Waals surface area contributed by atoms with Gasteiger partial charge in [-0.1, -0.05) is 224 Å². The zero-order valence-electron chi connectivity index (χ0n) is 46.6. The van der Waals surface area contributed by atoms with Crippen LogP contribution in [0.5, 0.6) is 0 Å². The monoisotopic (exact) mass is 1030 g/mol. The minimum Gasteiger partial charge on any atom is -0.479 e. The number of aliphatic carboxylic acids is 1. The van der Waals surface area contributed by atoms with Crippen LogP contribution in [0.25, 0.3) is 0 Å². The third-order valence-electron chi connectivity index (χ3n) is 13.7. The third kappa shape index (κ3) is 39.9. The molecule has 0 saturated carbocycles. The van der Waals surface area contributed by atoms with Crippen molar-refractivity contribution < 1.29 is 58.2 Å². The average Bonchev–Trinajstić information content (AvgIpc) is 3.37. The van der Waals surface area contributed by atoms with Crippen LogP contribution in [0.2, 0.25) is 0 Å². The molecule has 0 spiro atoms. The quantitative estimate of drug-likeness (QED) is 0.0228. The van der Waals surface area contributed by atoms with E-state index in [1.54, 1.807) is 0 Å². The Morgan fingerprint density at radius 1 is 0.452 bits per heavy atom. The summed E-state index contributed by atoms with van der Waals surface area (Å²) in [5.41, 5.74) is 0. The van der Waals surface area contributed by atoms with Gasteiger partial charge in [0.05, 0.1) is 6.61 Å². The molecule has 1 heterocycles. The highest BCUT2D eigenvalue weighted by Crippen LogP contribution is 2.26. The van der Waals surface area contributed by atoms with E-state index in [0.29, 0.717) is 19.3 Å². The van der Waals surface area contributed by atoms with Crippen molar-refractivity contribution in [3.63, 3.8) is 0 Å². The number of esters is 3. The average molecular weight is 1030 g/mol. The Bertz CT molecular complexity index is 1410. The lowest BCUT2D eigenvalue weighted by atomic mass is 9.98. The molecule has 6 unspecified atom stereocenters. The molecule has 12 nitrogen and oxygen atoms in total. The van der Waals surface area contributed by atoms with Gasteiger partial charge in [-0.05, 0) is 70.6 Å². The van der Waals surface area contributed by atoms with Crippen molar-refractivity contribution in [2.24, 2.45) is 0 Å². The number of allylic oxidation sites excluding steroid dienone is 6. The number of rotatable bonds is 51. The molecule has 0 aliphatic carbocycles. The summed E-state index contributed by atoms with van der Waals surface area (Å²) in [5.74, 6) is -3.12. The molecule has 3 N–H and O–H groups in total. The number of carboxylic acids is 1. The van der Waals surface area contributed by atoms with Gasteiger partial charge in [0.15, 0.2) is 24.6 Å². The van der Waals surface area contributed by atoms with Crippen molar-refractivity contribution in [2.75, 3.05) is 13.2 Å². The van der Waals surface area contributed by atoms with Crippen molar-refractivity contribution in [3.8, 4) is 0 Å². The highest BCUT2D eigenvalue weighted by atomic mass is 16.7. The Kier molecular flexibility index (Phi) is 46.4. The molecule has 12 heteroatoms. The molecule has 0 radical (unpaired) electrons. The third-order valence-corrected chi connectivity index (χ3v) is 13.7. The minimum atomic E-state index is -1.90. The fraction of sp³-hybridized carbons (Fsp3) is 0.836. The largest absolute Gasteiger partial charge is 0.479 e. The number of aliphatic hydroxyl groups is 2. The van der Waals surface area contributed by atoms with E-state index < -0.39 is 67.3 Å². The van der Waals surface area contributed by atoms with Crippen LogP contribution in [0.3, 0.4) is 0 Å². The SMILES string of the molecule is CCC/C=C\C/C=C\CCCCCCCC(=O)OC(COC(=O)CCCCCCCCCCC/C=C\CCCCCCCC)COC1OC(C(=O)O)C(O)C(O)C1OC(=O)CCCCCCCCCCCCC. The first-order valence-corrected chi connectivity index (χ1v) is 30.0. The molecule has 1 rings (SSSR count). The number of carbonyl (C=O) groups is 4. The van der Waals surface area contributed by atoms with Crippen molar-refractivity contribution >= 4 is 23.9 Å². The van der Waals surface area contributed by atoms with Crippen LogP contribution in [0.4, 0.5) is 0 Å². The second-order valence-corrected chi connectivity index (χ2v) is 20.6. The van der Waals surface area contributed by atoms with Crippen LogP contribution in [-0.4, -0.2) is 89.2 Å². The lowest BCUT2D eigenvalue weighted by molar-refractivity contribution is -0.301. The zero-order valence-corrected chi connectivity index (χ0v) is 46.6. The van der Waals surface area contributed by atoms with E-state index in [9.17, 15) is 34.5 Å². The van der Waals surface area contributed by atoms with Crippen LogP contribution >= 0.6 is 0 Å². The fourth-order valence-corrected chi connectivity index (χ4v) is 9.05. The lowest BCUT2D eigenvalue weighted by Gasteiger charge is -2.40. The summed E-state index contributed by atoms with van der Waals surface area (Å²) < 4.78 is 28.4. The van der Waals surface area contributed by atoms with Gasteiger partial charge in [0.1, 0.15) is 18.8 Å². The number of carbonyl (C=O) groups excluding carboxylic acids is 3. The second-order valence-electron chi connectivity index (χ2n) is 20.6. The number of hydrogen-bond acceptors (Lipinski definition) is 11. The van der Waals surface area contributed by atoms with Crippen molar-refractivity contribution in [2.45, 2.75) is 314 Å². The Hall–Kier alpha value is -3.06. The first kappa shape index (κ1) is 68.0. The first-order chi connectivity index (χ1) is 35.6. The Morgan fingerprint density at radius 3 is 1.30 bits per heavy atom. The smallest absolute Gasteiger partial charge is 0.335 e. The highest BCUT2D eigenvalue weighted by molar-refractivity contribution is 5.74. The predicted octanol–water partition coefficient (Wildman–Crippen LogP) is 15.2. The number of aliphatic hydroxyl groups excluding tert-OH is 2. The van der Waals surface area contributed by atoms with Crippen LogP contribution in [0.15, 0.2) is 36.5 Å². The molecule has 0 amide bonds. The Morgan fingerprint density at radius 2 is 0.849 bits per heavy atom. The van der Waals surface area contributed by atoms with Gasteiger partial charge in [0, 0.05) is 19.3 Å². The summed E-state index contributed by atoms with van der Waals surface area (Å²) in [6.07, 6.45) is 45.5. The van der Waals surface area contributed by atoms with Crippen LogP contribution in [0, 0.1) is 0 Å². The van der Waals surface area contributed by atoms with Gasteiger partial charge < -0.3 is 39.0 Å². The summed E-state index contributed by atoms with van der Waals surface area (Å²) in [7, 11) is 0. The van der Waals surface area contributed by atoms with Crippen LogP contribution < -0.4 is 0 Å². The molecule has 424 valence electrons. The topological polar surface area (TPSA) is 175 Å². The van der Waals surface area contributed by atoms with E-state index in [0.717, 1.165) is 96.3 Å². The predicted molar refractivity (Wildman–Crippen MR) is 294 cm³/mol. The lowest BCUT2D eigenvalue weighted by Crippen LogP contribution is -2.61. The van der Waals surface area contributed by atoms with E-state index in [1.807, 2.05) is 0 Å². The number of unbranched alkanes of at least 4 members (excludes halogenated alkanes) is 31. The normalized spacial score (nSPS) is 18.5. The maximum Gasteiger partial charge on any atom is 0.335 e. The van der Waals surface area contributed by atoms with Crippen LogP contribution in [0.1, 0.15) is 278 Å². The summed E-state index contributed by atoms with van der Waals surface area (Å²) in [4.78, 5) is 51.0. The van der Waals surface area contributed by atoms with Gasteiger partial charge >= 0.3 is 23.9 Å². The molecule has 1 fully saturated rings. The molecule has 1 saturated heterocycles. The van der Waals surface area contributed by atoms with Gasteiger partial charge in [-0.25, -0.2) is 4.79 Å². The summed E-state index contributed by atoms with van der Waals surface area (Å²) in [6, 6.07) is 0. The Balaban J connectivity index is 2.65. The van der Waals surface area contributed by atoms with Gasteiger partial charge in [0.25, 0.3) is 0 Å². The molecule has 73 heavy (non-hydrogen) atoms. The van der Waals surface area contributed by atoms with E-state index in [-0.39, 0.29) is 25.9 Å². The van der Waals surface area contributed by atoms with E-state index >= 15 is 0 Å². The van der Waals surface area contributed by atoms with Crippen molar-refractivity contribution in [1.29, 1.82) is 0 Å². The summed E-state index contributed by atoms with van der Waals surface area (Å²) >= 11 is 0. The minimum absolute atomic E-state index is 0.0628. The number of ether oxygens (including phenoxy) is 5. The first-order valence-electron chi connectivity index (χ1n) is 30.0. The van der Waals surface area contributed by atoms with Crippen molar-refractivity contribution in [3.05, 3.63) is 36.5 Å². The molecular weight excluding hydrogens is 925 g/mol. The van der Waals surface area contributed by atoms with Gasteiger partial charge in [-0.2, -0.15) is 0 Å².